The summed E-state index contributed by atoms with van der Waals surface area (Å²) in [5.74, 6) is -0.636. The van der Waals surface area contributed by atoms with E-state index in [0.717, 1.165) is 18.9 Å². The molecular formula is C17H16F3N3O3. The lowest BCUT2D eigenvalue weighted by atomic mass is 9.96. The highest BCUT2D eigenvalue weighted by atomic mass is 19.4. The van der Waals surface area contributed by atoms with Gasteiger partial charge in [-0.1, -0.05) is 0 Å². The minimum atomic E-state index is -4.48. The molecule has 9 heteroatoms. The van der Waals surface area contributed by atoms with Gasteiger partial charge in [0.15, 0.2) is 17.7 Å². The summed E-state index contributed by atoms with van der Waals surface area (Å²) in [5, 5.41) is 4.00. The number of ketones is 1. The van der Waals surface area contributed by atoms with Crippen LogP contribution in [0.25, 0.3) is 5.82 Å². The molecule has 6 nitrogen and oxygen atoms in total. The van der Waals surface area contributed by atoms with Crippen molar-refractivity contribution < 1.29 is 27.5 Å². The highest BCUT2D eigenvalue weighted by Crippen LogP contribution is 2.29. The molecule has 26 heavy (non-hydrogen) atoms. The number of ether oxygens (including phenoxy) is 1. The summed E-state index contributed by atoms with van der Waals surface area (Å²) in [6.45, 7) is 1.58. The summed E-state index contributed by atoms with van der Waals surface area (Å²) in [5.41, 5.74) is -0.364. The number of Topliss-reactive ketones (excluding diaryl/α,β-unsaturated/α-hetero) is 1. The van der Waals surface area contributed by atoms with Crippen LogP contribution in [0.1, 0.15) is 47.3 Å². The van der Waals surface area contributed by atoms with Crippen molar-refractivity contribution >= 4 is 11.8 Å². The number of carbonyl (C=O) groups is 2. The molecule has 2 heterocycles. The molecule has 1 saturated carbocycles. The molecule has 3 rings (SSSR count). The van der Waals surface area contributed by atoms with Crippen molar-refractivity contribution in [1.82, 2.24) is 14.8 Å². The number of halogens is 3. The van der Waals surface area contributed by atoms with Crippen LogP contribution in [0.15, 0.2) is 24.5 Å². The van der Waals surface area contributed by atoms with E-state index in [4.69, 9.17) is 4.74 Å². The Kier molecular flexibility index (Phi) is 4.80. The van der Waals surface area contributed by atoms with Crippen molar-refractivity contribution in [2.24, 2.45) is 0 Å². The minimum Gasteiger partial charge on any atom is -0.451 e. The number of rotatable bonds is 3. The fourth-order valence-electron chi connectivity index (χ4n) is 2.79. The molecule has 0 bridgehead atoms. The molecule has 0 aliphatic heterocycles. The van der Waals surface area contributed by atoms with E-state index in [-0.39, 0.29) is 17.2 Å². The van der Waals surface area contributed by atoms with Gasteiger partial charge in [0.1, 0.15) is 5.56 Å². The molecule has 1 aliphatic rings. The SMILES string of the molecule is Cc1c(C(=O)O[C@@H]2CCCCC2=O)cnn1-c1ccc(C(F)(F)F)cn1. The highest BCUT2D eigenvalue weighted by molar-refractivity contribution is 5.93. The zero-order valence-electron chi connectivity index (χ0n) is 13.9. The van der Waals surface area contributed by atoms with Gasteiger partial charge in [-0.15, -0.1) is 0 Å². The second-order valence-electron chi connectivity index (χ2n) is 6.06. The zero-order chi connectivity index (χ0) is 18.9. The van der Waals surface area contributed by atoms with Gasteiger partial charge in [-0.3, -0.25) is 4.79 Å². The molecule has 1 atom stereocenters. The van der Waals surface area contributed by atoms with E-state index in [0.29, 0.717) is 24.7 Å². The Labute approximate surface area is 147 Å². The topological polar surface area (TPSA) is 74.1 Å². The van der Waals surface area contributed by atoms with Crippen molar-refractivity contribution in [2.45, 2.75) is 44.9 Å². The molecule has 0 unspecified atom stereocenters. The molecule has 2 aromatic rings. The Balaban J connectivity index is 1.79. The first-order valence-electron chi connectivity index (χ1n) is 8.09. The average molecular weight is 367 g/mol. The Bertz CT molecular complexity index is 828. The van der Waals surface area contributed by atoms with Crippen molar-refractivity contribution in [3.05, 3.63) is 41.3 Å². The number of hydrogen-bond acceptors (Lipinski definition) is 5. The molecular weight excluding hydrogens is 351 g/mol. The van der Waals surface area contributed by atoms with Crippen LogP contribution in [0.3, 0.4) is 0 Å². The Morgan fingerprint density at radius 1 is 1.27 bits per heavy atom. The lowest BCUT2D eigenvalue weighted by Gasteiger charge is -2.20. The fraction of sp³-hybridized carbons (Fsp3) is 0.412. The third-order valence-corrected chi connectivity index (χ3v) is 4.27. The van der Waals surface area contributed by atoms with Crippen LogP contribution in [0.4, 0.5) is 13.2 Å². The van der Waals surface area contributed by atoms with Gasteiger partial charge in [0.05, 0.1) is 17.5 Å². The Morgan fingerprint density at radius 3 is 2.65 bits per heavy atom. The second kappa shape index (κ2) is 6.89. The van der Waals surface area contributed by atoms with E-state index in [9.17, 15) is 22.8 Å². The van der Waals surface area contributed by atoms with Gasteiger partial charge >= 0.3 is 12.1 Å². The van der Waals surface area contributed by atoms with Crippen LogP contribution in [0.2, 0.25) is 0 Å². The third-order valence-electron chi connectivity index (χ3n) is 4.27. The van der Waals surface area contributed by atoms with E-state index < -0.39 is 23.8 Å². The molecule has 0 saturated heterocycles. The summed E-state index contributed by atoms with van der Waals surface area (Å²) in [4.78, 5) is 27.8. The van der Waals surface area contributed by atoms with E-state index in [2.05, 4.69) is 10.1 Å². The lowest BCUT2D eigenvalue weighted by Crippen LogP contribution is -2.30. The standard InChI is InChI=1S/C17H16F3N3O3/c1-10-12(16(25)26-14-5-3-2-4-13(14)24)9-22-23(10)15-7-6-11(8-21-15)17(18,19)20/h6-9,14H,2-5H2,1H3/t14-/m1/s1. The fourth-order valence-corrected chi connectivity index (χ4v) is 2.79. The smallest absolute Gasteiger partial charge is 0.417 e. The molecule has 0 spiro atoms. The first-order chi connectivity index (χ1) is 12.3. The van der Waals surface area contributed by atoms with Crippen LogP contribution < -0.4 is 0 Å². The lowest BCUT2D eigenvalue weighted by molar-refractivity contribution is -0.137. The largest absolute Gasteiger partial charge is 0.451 e. The summed E-state index contributed by atoms with van der Waals surface area (Å²) in [6, 6.07) is 2.06. The quantitative estimate of drug-likeness (QED) is 0.779. The van der Waals surface area contributed by atoms with Gasteiger partial charge in [-0.25, -0.2) is 14.5 Å². The molecule has 0 radical (unpaired) electrons. The number of aromatic nitrogens is 3. The molecule has 2 aromatic heterocycles. The minimum absolute atomic E-state index is 0.0981. The molecule has 0 amide bonds. The van der Waals surface area contributed by atoms with Crippen molar-refractivity contribution in [3.8, 4) is 5.82 Å². The molecule has 0 aromatic carbocycles. The van der Waals surface area contributed by atoms with Gasteiger partial charge in [0.2, 0.25) is 0 Å². The third kappa shape index (κ3) is 3.61. The number of esters is 1. The number of carbonyl (C=O) groups excluding carboxylic acids is 2. The van der Waals surface area contributed by atoms with Crippen molar-refractivity contribution in [2.75, 3.05) is 0 Å². The molecule has 0 N–H and O–H groups in total. The number of nitrogens with zero attached hydrogens (tertiary/aromatic N) is 3. The first kappa shape index (κ1) is 18.1. The Hall–Kier alpha value is -2.71. The van der Waals surface area contributed by atoms with Gasteiger partial charge in [-0.2, -0.15) is 18.3 Å². The predicted octanol–water partition coefficient (Wildman–Crippen LogP) is 3.26. The van der Waals surface area contributed by atoms with Gasteiger partial charge in [0, 0.05) is 12.6 Å². The van der Waals surface area contributed by atoms with E-state index in [1.165, 1.54) is 16.9 Å². The normalized spacial score (nSPS) is 18.0. The van der Waals surface area contributed by atoms with Crippen LogP contribution in [0.5, 0.6) is 0 Å². The number of alkyl halides is 3. The molecule has 138 valence electrons. The van der Waals surface area contributed by atoms with Gasteiger partial charge in [-0.05, 0) is 38.3 Å². The molecule has 1 aliphatic carbocycles. The van der Waals surface area contributed by atoms with Crippen molar-refractivity contribution in [3.63, 3.8) is 0 Å². The van der Waals surface area contributed by atoms with Gasteiger partial charge in [0.25, 0.3) is 0 Å². The summed E-state index contributed by atoms with van der Waals surface area (Å²) >= 11 is 0. The highest BCUT2D eigenvalue weighted by Gasteiger charge is 2.31. The number of hydrogen-bond donors (Lipinski definition) is 0. The maximum absolute atomic E-state index is 12.6. The van der Waals surface area contributed by atoms with E-state index >= 15 is 0 Å². The number of pyridine rings is 1. The van der Waals surface area contributed by atoms with Gasteiger partial charge < -0.3 is 4.74 Å². The van der Waals surface area contributed by atoms with Crippen molar-refractivity contribution in [1.29, 1.82) is 0 Å². The van der Waals surface area contributed by atoms with Crippen LogP contribution in [0, 0.1) is 6.92 Å². The summed E-state index contributed by atoms with van der Waals surface area (Å²) in [6.07, 6.45) is -0.765. The predicted molar refractivity (Wildman–Crippen MR) is 83.8 cm³/mol. The summed E-state index contributed by atoms with van der Waals surface area (Å²) < 4.78 is 44.4. The maximum Gasteiger partial charge on any atom is 0.417 e. The average Bonchev–Trinajstić information content (AvgIpc) is 2.98. The zero-order valence-corrected chi connectivity index (χ0v) is 13.9. The maximum atomic E-state index is 12.6. The monoisotopic (exact) mass is 367 g/mol. The first-order valence-corrected chi connectivity index (χ1v) is 8.09. The van der Waals surface area contributed by atoms with Crippen LogP contribution in [-0.2, 0) is 15.7 Å². The van der Waals surface area contributed by atoms with Crippen LogP contribution in [-0.4, -0.2) is 32.6 Å². The Morgan fingerprint density at radius 2 is 2.04 bits per heavy atom. The summed E-state index contributed by atoms with van der Waals surface area (Å²) in [7, 11) is 0. The second-order valence-corrected chi connectivity index (χ2v) is 6.06. The van der Waals surface area contributed by atoms with E-state index in [1.807, 2.05) is 0 Å². The molecule has 1 fully saturated rings. The van der Waals surface area contributed by atoms with E-state index in [1.54, 1.807) is 6.92 Å². The van der Waals surface area contributed by atoms with Crippen LogP contribution >= 0.6 is 0 Å².